The molecule has 0 saturated heterocycles. The number of fused-ring (bicyclic) bond motifs is 1. The van der Waals surface area contributed by atoms with Gasteiger partial charge in [-0.2, -0.15) is 0 Å². The molecule has 0 fully saturated rings. The van der Waals surface area contributed by atoms with Crippen molar-refractivity contribution in [2.75, 3.05) is 32.1 Å². The maximum atomic E-state index is 12.3. The van der Waals surface area contributed by atoms with Crippen molar-refractivity contribution >= 4 is 22.9 Å². The van der Waals surface area contributed by atoms with Gasteiger partial charge >= 0.3 is 0 Å². The Bertz CT molecular complexity index is 693. The zero-order valence-corrected chi connectivity index (χ0v) is 15.5. The molecule has 0 aliphatic carbocycles. The van der Waals surface area contributed by atoms with Gasteiger partial charge in [0.05, 0.1) is 6.54 Å². The highest BCUT2D eigenvalue weighted by atomic mass is 32.1. The fourth-order valence-electron chi connectivity index (χ4n) is 3.27. The summed E-state index contributed by atoms with van der Waals surface area (Å²) in [4.78, 5) is 17.2. The predicted octanol–water partition coefficient (Wildman–Crippen LogP) is 1.63. The Kier molecular flexibility index (Phi) is 5.21. The minimum absolute atomic E-state index is 0.132. The van der Waals surface area contributed by atoms with Crippen LogP contribution in [-0.4, -0.2) is 33.1 Å². The normalized spacial score (nSPS) is 19.6. The quantitative estimate of drug-likeness (QED) is 0.865. The smallest absolute Gasteiger partial charge is 0.275 e. The number of anilines is 1. The first-order chi connectivity index (χ1) is 11.5. The Hall–Kier alpha value is -1.85. The predicted molar refractivity (Wildman–Crippen MR) is 99.8 cm³/mol. The van der Waals surface area contributed by atoms with E-state index in [-0.39, 0.29) is 5.91 Å². The highest BCUT2D eigenvalue weighted by Gasteiger charge is 2.29. The summed E-state index contributed by atoms with van der Waals surface area (Å²) < 4.78 is 0. The summed E-state index contributed by atoms with van der Waals surface area (Å²) >= 11 is 1.84. The Morgan fingerprint density at radius 2 is 2.04 bits per heavy atom. The second kappa shape index (κ2) is 7.36. The Labute approximate surface area is 148 Å². The highest BCUT2D eigenvalue weighted by Crippen LogP contribution is 2.24. The Balaban J connectivity index is 1.51. The lowest BCUT2D eigenvalue weighted by Crippen LogP contribution is -3.14. The minimum Gasteiger partial charge on any atom is -0.378 e. The van der Waals surface area contributed by atoms with Crippen LogP contribution in [0.1, 0.15) is 29.0 Å². The van der Waals surface area contributed by atoms with Crippen molar-refractivity contribution < 1.29 is 9.69 Å². The fraction of sp³-hybridized carbons (Fsp3) is 0.421. The van der Waals surface area contributed by atoms with Crippen molar-refractivity contribution in [3.63, 3.8) is 0 Å². The number of rotatable bonds is 5. The second-order valence-corrected chi connectivity index (χ2v) is 7.69. The van der Waals surface area contributed by atoms with Crippen LogP contribution in [-0.2, 0) is 17.8 Å². The number of carbonyl (C=O) groups excluding carboxylic acids is 1. The third-order valence-electron chi connectivity index (χ3n) is 4.86. The molecule has 128 valence electrons. The molecular weight excluding hydrogens is 318 g/mol. The molecule has 2 atom stereocenters. The molecule has 5 heteroatoms. The monoisotopic (exact) mass is 344 g/mol. The largest absolute Gasteiger partial charge is 0.378 e. The van der Waals surface area contributed by atoms with Crippen LogP contribution in [0.5, 0.6) is 0 Å². The van der Waals surface area contributed by atoms with Gasteiger partial charge < -0.3 is 15.1 Å². The first-order valence-electron chi connectivity index (χ1n) is 8.48. The van der Waals surface area contributed by atoms with Gasteiger partial charge in [0, 0.05) is 43.2 Å². The Morgan fingerprint density at radius 3 is 2.75 bits per heavy atom. The molecule has 3 rings (SSSR count). The molecule has 2 N–H and O–H groups in total. The molecule has 1 unspecified atom stereocenters. The average Bonchev–Trinajstić information content (AvgIpc) is 3.05. The maximum absolute atomic E-state index is 12.3. The first-order valence-corrected chi connectivity index (χ1v) is 9.36. The summed E-state index contributed by atoms with van der Waals surface area (Å²) in [5.41, 5.74) is 3.73. The highest BCUT2D eigenvalue weighted by molar-refractivity contribution is 7.10. The van der Waals surface area contributed by atoms with E-state index in [2.05, 4.69) is 52.9 Å². The van der Waals surface area contributed by atoms with Crippen molar-refractivity contribution in [2.24, 2.45) is 0 Å². The van der Waals surface area contributed by atoms with E-state index in [9.17, 15) is 4.79 Å². The molecule has 0 saturated carbocycles. The summed E-state index contributed by atoms with van der Waals surface area (Å²) in [6.07, 6.45) is 1.09. The number of carbonyl (C=O) groups is 1. The van der Waals surface area contributed by atoms with E-state index in [1.807, 2.05) is 25.4 Å². The summed E-state index contributed by atoms with van der Waals surface area (Å²) in [7, 11) is 4.05. The van der Waals surface area contributed by atoms with E-state index in [1.54, 1.807) is 0 Å². The molecule has 0 spiro atoms. The van der Waals surface area contributed by atoms with Crippen molar-refractivity contribution in [1.82, 2.24) is 5.32 Å². The van der Waals surface area contributed by atoms with Crippen LogP contribution < -0.4 is 15.1 Å². The molecule has 24 heavy (non-hydrogen) atoms. The topological polar surface area (TPSA) is 36.8 Å². The van der Waals surface area contributed by atoms with Crippen LogP contribution in [0.3, 0.4) is 0 Å². The SMILES string of the molecule is C[C@H]1c2ccsc2CC[NH+]1CC(=O)NCc1ccc(N(C)C)cc1. The summed E-state index contributed by atoms with van der Waals surface area (Å²) in [6, 6.07) is 10.9. The van der Waals surface area contributed by atoms with E-state index in [0.29, 0.717) is 19.1 Å². The summed E-state index contributed by atoms with van der Waals surface area (Å²) in [5.74, 6) is 0.132. The number of nitrogens with one attached hydrogen (secondary N) is 2. The molecule has 1 aliphatic rings. The van der Waals surface area contributed by atoms with Gasteiger partial charge in [-0.3, -0.25) is 4.79 Å². The van der Waals surface area contributed by atoms with Gasteiger partial charge in [-0.15, -0.1) is 11.3 Å². The van der Waals surface area contributed by atoms with E-state index in [4.69, 9.17) is 0 Å². The molecule has 1 amide bonds. The number of amides is 1. The van der Waals surface area contributed by atoms with Crippen molar-refractivity contribution in [3.8, 4) is 0 Å². The van der Waals surface area contributed by atoms with Crippen LogP contribution in [0, 0.1) is 0 Å². The zero-order valence-electron chi connectivity index (χ0n) is 14.6. The van der Waals surface area contributed by atoms with Crippen LogP contribution in [0.25, 0.3) is 0 Å². The molecule has 1 aromatic heterocycles. The Morgan fingerprint density at radius 1 is 1.29 bits per heavy atom. The lowest BCUT2D eigenvalue weighted by molar-refractivity contribution is -0.924. The summed E-state index contributed by atoms with van der Waals surface area (Å²) in [5, 5.41) is 5.23. The molecule has 0 bridgehead atoms. The number of benzene rings is 1. The lowest BCUT2D eigenvalue weighted by atomic mass is 10.0. The maximum Gasteiger partial charge on any atom is 0.275 e. The van der Waals surface area contributed by atoms with Crippen LogP contribution in [0.2, 0.25) is 0 Å². The van der Waals surface area contributed by atoms with Crippen LogP contribution in [0.15, 0.2) is 35.7 Å². The average molecular weight is 345 g/mol. The van der Waals surface area contributed by atoms with Gasteiger partial charge in [-0.25, -0.2) is 0 Å². The number of quaternary nitrogens is 1. The zero-order chi connectivity index (χ0) is 17.1. The van der Waals surface area contributed by atoms with E-state index in [1.165, 1.54) is 21.0 Å². The molecular formula is C19H26N3OS+. The van der Waals surface area contributed by atoms with Gasteiger partial charge in [-0.05, 0) is 36.1 Å². The molecule has 1 aliphatic heterocycles. The second-order valence-electron chi connectivity index (χ2n) is 6.69. The van der Waals surface area contributed by atoms with E-state index in [0.717, 1.165) is 18.5 Å². The van der Waals surface area contributed by atoms with Crippen molar-refractivity contribution in [1.29, 1.82) is 0 Å². The number of hydrogen-bond donors (Lipinski definition) is 2. The third-order valence-corrected chi connectivity index (χ3v) is 5.86. The van der Waals surface area contributed by atoms with Crippen molar-refractivity contribution in [3.05, 3.63) is 51.7 Å². The van der Waals surface area contributed by atoms with Gasteiger partial charge in [0.15, 0.2) is 6.54 Å². The molecule has 0 radical (unpaired) electrons. The number of hydrogen-bond acceptors (Lipinski definition) is 3. The third kappa shape index (κ3) is 3.79. The van der Waals surface area contributed by atoms with Gasteiger partial charge in [0.2, 0.25) is 0 Å². The first kappa shape index (κ1) is 17.0. The van der Waals surface area contributed by atoms with E-state index >= 15 is 0 Å². The standard InChI is InChI=1S/C19H25N3OS/c1-14-17-9-11-24-18(17)8-10-22(14)13-19(23)20-12-15-4-6-16(7-5-15)21(2)3/h4-7,9,11,14H,8,10,12-13H2,1-3H3,(H,20,23)/p+1/t14-/m0/s1. The van der Waals surface area contributed by atoms with Crippen LogP contribution in [0.4, 0.5) is 5.69 Å². The minimum atomic E-state index is 0.132. The van der Waals surface area contributed by atoms with Crippen molar-refractivity contribution in [2.45, 2.75) is 25.9 Å². The van der Waals surface area contributed by atoms with Gasteiger partial charge in [0.25, 0.3) is 5.91 Å². The lowest BCUT2D eigenvalue weighted by Gasteiger charge is -2.29. The van der Waals surface area contributed by atoms with E-state index < -0.39 is 0 Å². The van der Waals surface area contributed by atoms with Crippen LogP contribution >= 0.6 is 11.3 Å². The fourth-order valence-corrected chi connectivity index (χ4v) is 4.25. The summed E-state index contributed by atoms with van der Waals surface area (Å²) in [6.45, 7) is 4.41. The molecule has 4 nitrogen and oxygen atoms in total. The molecule has 1 aromatic carbocycles. The van der Waals surface area contributed by atoms with Gasteiger partial charge in [-0.1, -0.05) is 12.1 Å². The number of nitrogens with zero attached hydrogens (tertiary/aromatic N) is 1. The molecule has 2 heterocycles. The van der Waals surface area contributed by atoms with Gasteiger partial charge in [0.1, 0.15) is 6.04 Å². The number of thiophene rings is 1. The molecule has 2 aromatic rings.